The number of nitrogens with one attached hydrogen (secondary N) is 1. The molecule has 3 aliphatic rings. The lowest BCUT2D eigenvalue weighted by Crippen LogP contribution is -2.55. The maximum Gasteiger partial charge on any atom is 0.326 e. The predicted molar refractivity (Wildman–Crippen MR) is 250 cm³/mol. The number of fused-ring (bicyclic) bond motifs is 2. The predicted octanol–water partition coefficient (Wildman–Crippen LogP) is 7.78. The molecular weight excluding hydrogens is 918 g/mol. The number of carbonyl (C=O) groups is 2. The van der Waals surface area contributed by atoms with Crippen molar-refractivity contribution in [1.29, 1.82) is 5.26 Å². The Kier molecular flexibility index (Phi) is 13.3. The number of benzene rings is 5. The molecule has 9 rings (SSSR count). The zero-order valence-corrected chi connectivity index (χ0v) is 38.1. The number of anilines is 1. The Bertz CT molecular complexity index is 2950. The number of amides is 1. The molecule has 3 atom stereocenters. The number of aromatic nitrogens is 1. The highest BCUT2D eigenvalue weighted by Gasteiger charge is 2.42. The number of rotatable bonds is 13. The van der Waals surface area contributed by atoms with E-state index in [1.54, 1.807) is 54.6 Å². The molecule has 0 saturated carbocycles. The van der Waals surface area contributed by atoms with E-state index in [0.717, 1.165) is 26.6 Å². The zero-order valence-electron chi connectivity index (χ0n) is 35.8. The number of nitriles is 1. The van der Waals surface area contributed by atoms with E-state index in [-0.39, 0.29) is 30.9 Å². The number of halogens is 2. The van der Waals surface area contributed by atoms with Crippen molar-refractivity contribution in [1.82, 2.24) is 14.6 Å². The van der Waals surface area contributed by atoms with Gasteiger partial charge < -0.3 is 34.3 Å². The molecule has 1 amide bonds. The molecule has 1 fully saturated rings. The molecule has 342 valence electrons. The third kappa shape index (κ3) is 10.2. The third-order valence-corrected chi connectivity index (χ3v) is 14.6. The zero-order chi connectivity index (χ0) is 46.7. The normalized spacial score (nSPS) is 17.4. The van der Waals surface area contributed by atoms with Gasteiger partial charge in [0.15, 0.2) is 17.6 Å². The molecule has 1 aromatic heterocycles. The molecule has 0 bridgehead atoms. The molecule has 5 aromatic carbocycles. The highest BCUT2D eigenvalue weighted by molar-refractivity contribution is 7.89. The number of hydrogen-bond acceptors (Lipinski definition) is 11. The van der Waals surface area contributed by atoms with Crippen LogP contribution in [0.3, 0.4) is 0 Å². The van der Waals surface area contributed by atoms with Crippen molar-refractivity contribution in [3.05, 3.63) is 165 Å². The van der Waals surface area contributed by atoms with Crippen LogP contribution in [0.15, 0.2) is 126 Å². The summed E-state index contributed by atoms with van der Waals surface area (Å²) in [6, 6.07) is 33.1. The number of sulfonamides is 1. The van der Waals surface area contributed by atoms with Crippen molar-refractivity contribution in [3.8, 4) is 34.4 Å². The van der Waals surface area contributed by atoms with E-state index in [2.05, 4.69) is 16.4 Å². The number of carbonyl (C=O) groups excluding carboxylic acids is 1. The Morgan fingerprint density at radius 1 is 0.866 bits per heavy atom. The van der Waals surface area contributed by atoms with Crippen LogP contribution in [0.4, 0.5) is 5.82 Å². The number of carboxylic acids is 1. The largest absolute Gasteiger partial charge is 0.489 e. The van der Waals surface area contributed by atoms with E-state index < -0.39 is 40.1 Å². The van der Waals surface area contributed by atoms with Crippen molar-refractivity contribution >= 4 is 50.9 Å². The number of morpholine rings is 1. The molecule has 1 saturated heterocycles. The van der Waals surface area contributed by atoms with Gasteiger partial charge in [-0.15, -0.1) is 0 Å². The van der Waals surface area contributed by atoms with Crippen LogP contribution in [0.1, 0.15) is 39.5 Å². The molecule has 17 heteroatoms. The molecule has 14 nitrogen and oxygen atoms in total. The summed E-state index contributed by atoms with van der Waals surface area (Å²) in [6.07, 6.45) is 0.651. The van der Waals surface area contributed by atoms with Crippen LogP contribution in [0.2, 0.25) is 10.0 Å². The minimum absolute atomic E-state index is 0.0635. The molecule has 0 aliphatic carbocycles. The van der Waals surface area contributed by atoms with Crippen LogP contribution in [0, 0.1) is 11.3 Å². The molecule has 67 heavy (non-hydrogen) atoms. The second-order valence-electron chi connectivity index (χ2n) is 16.3. The summed E-state index contributed by atoms with van der Waals surface area (Å²) in [4.78, 5) is 33.5. The Morgan fingerprint density at radius 2 is 1.57 bits per heavy atom. The van der Waals surface area contributed by atoms with E-state index in [4.69, 9.17) is 47.4 Å². The van der Waals surface area contributed by atoms with Crippen LogP contribution < -0.4 is 24.4 Å². The third-order valence-electron chi connectivity index (χ3n) is 12.0. The number of aliphatic carboxylic acids is 1. The summed E-state index contributed by atoms with van der Waals surface area (Å²) in [5.41, 5.74) is 5.86. The fourth-order valence-electron chi connectivity index (χ4n) is 8.26. The lowest BCUT2D eigenvalue weighted by Gasteiger charge is -2.37. The maximum atomic E-state index is 14.7. The smallest absolute Gasteiger partial charge is 0.326 e. The first-order valence-electron chi connectivity index (χ1n) is 21.5. The van der Waals surface area contributed by atoms with Gasteiger partial charge in [0.05, 0.1) is 34.9 Å². The quantitative estimate of drug-likeness (QED) is 0.115. The summed E-state index contributed by atoms with van der Waals surface area (Å²) in [5.74, 6) is 0.0197. The van der Waals surface area contributed by atoms with Gasteiger partial charge in [-0.2, -0.15) is 9.57 Å². The average Bonchev–Trinajstić information content (AvgIpc) is 3.36. The fourth-order valence-corrected chi connectivity index (χ4v) is 10.1. The topological polar surface area (TPSA) is 181 Å². The fraction of sp³-hybridized carbons (Fsp3) is 0.240. The van der Waals surface area contributed by atoms with Gasteiger partial charge in [-0.3, -0.25) is 4.79 Å². The first kappa shape index (κ1) is 45.5. The molecule has 0 spiro atoms. The first-order valence-corrected chi connectivity index (χ1v) is 23.7. The lowest BCUT2D eigenvalue weighted by molar-refractivity contribution is -0.142. The van der Waals surface area contributed by atoms with Crippen molar-refractivity contribution in [2.45, 2.75) is 49.1 Å². The van der Waals surface area contributed by atoms with Crippen LogP contribution in [0.5, 0.6) is 17.2 Å². The molecular formula is C50H43Cl2N5O9S. The van der Waals surface area contributed by atoms with Crippen molar-refractivity contribution in [2.75, 3.05) is 37.8 Å². The van der Waals surface area contributed by atoms with Crippen molar-refractivity contribution < 1.29 is 42.1 Å². The minimum atomic E-state index is -4.40. The molecule has 6 aromatic rings. The summed E-state index contributed by atoms with van der Waals surface area (Å²) in [6.45, 7) is 2.51. The summed E-state index contributed by atoms with van der Waals surface area (Å²) >= 11 is 12.2. The molecule has 2 N–H and O–H groups in total. The van der Waals surface area contributed by atoms with E-state index in [9.17, 15) is 23.1 Å². The van der Waals surface area contributed by atoms with Gasteiger partial charge in [-0.25, -0.2) is 18.2 Å². The Morgan fingerprint density at radius 3 is 2.24 bits per heavy atom. The number of hydrogen-bond donors (Lipinski definition) is 2. The number of ether oxygens (including phenoxy) is 4. The van der Waals surface area contributed by atoms with Gasteiger partial charge in [-0.1, -0.05) is 77.8 Å². The van der Waals surface area contributed by atoms with Crippen molar-refractivity contribution in [3.63, 3.8) is 0 Å². The lowest BCUT2D eigenvalue weighted by atomic mass is 9.94. The van der Waals surface area contributed by atoms with E-state index in [1.807, 2.05) is 59.5 Å². The maximum absolute atomic E-state index is 14.7. The highest BCUT2D eigenvalue weighted by Crippen LogP contribution is 2.42. The van der Waals surface area contributed by atoms with Crippen LogP contribution >= 0.6 is 23.2 Å². The number of pyridine rings is 1. The second-order valence-corrected chi connectivity index (χ2v) is 19.0. The van der Waals surface area contributed by atoms with Gasteiger partial charge >= 0.3 is 5.97 Å². The van der Waals surface area contributed by atoms with E-state index >= 15 is 0 Å². The molecule has 1 unspecified atom stereocenters. The minimum Gasteiger partial charge on any atom is -0.489 e. The Labute approximate surface area is 397 Å². The van der Waals surface area contributed by atoms with Gasteiger partial charge in [-0.05, 0) is 106 Å². The Balaban J connectivity index is 0.946. The molecule has 0 radical (unpaired) electrons. The van der Waals surface area contributed by atoms with Gasteiger partial charge in [0.25, 0.3) is 0 Å². The Hall–Kier alpha value is -6.67. The standard InChI is InChI=1S/C50H43Cl2N5O9S/c51-41-15-5-33(21-42(41)52)29-64-39-12-10-36(11-13-39)47-30-65-45-24-37-23-44(49(58)55-43(50(59)60)22-31-1-6-34(7-2-31)35-8-3-32(26-53)4-9-35)57(28-38(37)25-46(45)66-47)67(61,62)40-14-16-48(54-27-40)56-17-19-63-20-18-56/h1-16,21,24-25,27,43-44,47H,17-20,22-23,28-30H2,(H,55,58)(H,59,60)/t43-,44-,47?/m0/s1. The average molecular weight is 961 g/mol. The van der Waals surface area contributed by atoms with Gasteiger partial charge in [0.2, 0.25) is 15.9 Å². The van der Waals surface area contributed by atoms with Crippen LogP contribution in [0.25, 0.3) is 11.1 Å². The van der Waals surface area contributed by atoms with Crippen LogP contribution in [-0.2, 0) is 50.3 Å². The molecule has 3 aliphatic heterocycles. The SMILES string of the molecule is N#Cc1ccc(-c2ccc(C[C@H](NC(=O)[C@@H]3Cc4cc5c(cc4CN3S(=O)(=O)c3ccc(N4CCOCC4)nc3)OC(c3ccc(OCc4ccc(Cl)c(Cl)c4)cc3)CO5)C(=O)O)cc2)cc1. The summed E-state index contributed by atoms with van der Waals surface area (Å²) in [5, 5.41) is 23.1. The number of carboxylic acid groups (broad SMARTS) is 1. The van der Waals surface area contributed by atoms with Gasteiger partial charge in [0, 0.05) is 32.3 Å². The van der Waals surface area contributed by atoms with E-state index in [1.165, 1.54) is 12.3 Å². The summed E-state index contributed by atoms with van der Waals surface area (Å²) in [7, 11) is -4.40. The van der Waals surface area contributed by atoms with Crippen LogP contribution in [-0.4, -0.2) is 79.7 Å². The monoisotopic (exact) mass is 959 g/mol. The van der Waals surface area contributed by atoms with Crippen molar-refractivity contribution in [2.24, 2.45) is 0 Å². The molecule has 4 heterocycles. The second kappa shape index (κ2) is 19.7. The first-order chi connectivity index (χ1) is 32.4. The van der Waals surface area contributed by atoms with E-state index in [0.29, 0.717) is 88.3 Å². The highest BCUT2D eigenvalue weighted by atomic mass is 35.5. The van der Waals surface area contributed by atoms with Gasteiger partial charge in [0.1, 0.15) is 41.8 Å². The number of nitrogens with zero attached hydrogens (tertiary/aromatic N) is 4. The summed E-state index contributed by atoms with van der Waals surface area (Å²) < 4.78 is 54.5.